The number of guanidine groups is 1. The molecule has 198 valence electrons. The highest BCUT2D eigenvalue weighted by Crippen LogP contribution is 2.64. The van der Waals surface area contributed by atoms with Crippen molar-refractivity contribution in [2.45, 2.75) is 94.0 Å². The van der Waals surface area contributed by atoms with Crippen LogP contribution in [0.5, 0.6) is 0 Å². The first-order valence-corrected chi connectivity index (χ1v) is 13.5. The molecular formula is C26H41N7O3. The van der Waals surface area contributed by atoms with Crippen molar-refractivity contribution >= 4 is 17.8 Å². The van der Waals surface area contributed by atoms with Crippen molar-refractivity contribution in [2.24, 2.45) is 45.4 Å². The standard InChI is InChI=1S/C26H41N7O3/c1-32(2)19(4-3-5-31-24(29)30)23(35)36-26-11-15-6-16(12-26)10-25(9-15,14-26)21(28)22(34)33-18(13-27)7-17-8-20(17)33/h15-21H,3-12,14,28H2,1-2H3,(H4,29,30,31)/t15-,16?,17?,18-,19?,20?,21+,25?,26?/m0/s1. The number of amides is 1. The van der Waals surface area contributed by atoms with Gasteiger partial charge >= 0.3 is 5.97 Å². The third-order valence-electron chi connectivity index (χ3n) is 9.63. The van der Waals surface area contributed by atoms with Gasteiger partial charge in [-0.3, -0.25) is 19.5 Å². The molecule has 0 aromatic heterocycles. The Hall–Kier alpha value is -2.38. The summed E-state index contributed by atoms with van der Waals surface area (Å²) in [6.07, 6.45) is 8.31. The van der Waals surface area contributed by atoms with Gasteiger partial charge in [0.1, 0.15) is 17.7 Å². The predicted molar refractivity (Wildman–Crippen MR) is 134 cm³/mol. The second kappa shape index (κ2) is 9.18. The van der Waals surface area contributed by atoms with Crippen LogP contribution in [0.4, 0.5) is 0 Å². The summed E-state index contributed by atoms with van der Waals surface area (Å²) < 4.78 is 6.41. The monoisotopic (exact) mass is 499 g/mol. The molecule has 0 aromatic rings. The predicted octanol–water partition coefficient (Wildman–Crippen LogP) is 0.693. The first kappa shape index (κ1) is 25.3. The smallest absolute Gasteiger partial charge is 0.323 e. The van der Waals surface area contributed by atoms with Crippen LogP contribution >= 0.6 is 0 Å². The molecule has 0 radical (unpaired) electrons. The van der Waals surface area contributed by atoms with Crippen LogP contribution in [-0.2, 0) is 14.3 Å². The maximum absolute atomic E-state index is 13.7. The number of fused-ring (bicyclic) bond motifs is 1. The van der Waals surface area contributed by atoms with E-state index in [0.717, 1.165) is 44.9 Å². The zero-order chi connectivity index (χ0) is 25.8. The van der Waals surface area contributed by atoms with Gasteiger partial charge in [-0.15, -0.1) is 0 Å². The van der Waals surface area contributed by atoms with E-state index in [1.54, 1.807) is 4.90 Å². The number of hydrogen-bond acceptors (Lipinski definition) is 7. The number of esters is 1. The minimum absolute atomic E-state index is 0.0518. The lowest BCUT2D eigenvalue weighted by Gasteiger charge is -2.62. The molecule has 6 N–H and O–H groups in total. The van der Waals surface area contributed by atoms with E-state index in [1.807, 2.05) is 19.0 Å². The Balaban J connectivity index is 1.30. The van der Waals surface area contributed by atoms with Gasteiger partial charge in [-0.25, -0.2) is 0 Å². The van der Waals surface area contributed by atoms with Gasteiger partial charge in [-0.2, -0.15) is 5.26 Å². The molecule has 1 amide bonds. The van der Waals surface area contributed by atoms with Crippen LogP contribution in [0, 0.1) is 34.5 Å². The summed E-state index contributed by atoms with van der Waals surface area (Å²) in [5.74, 6) is 1.06. The minimum Gasteiger partial charge on any atom is -0.458 e. The Morgan fingerprint density at radius 3 is 2.47 bits per heavy atom. The molecule has 10 nitrogen and oxygen atoms in total. The van der Waals surface area contributed by atoms with E-state index >= 15 is 0 Å². The maximum Gasteiger partial charge on any atom is 0.323 e. The Bertz CT molecular complexity index is 957. The van der Waals surface area contributed by atoms with Gasteiger partial charge in [-0.05, 0) is 101 Å². The fourth-order valence-corrected chi connectivity index (χ4v) is 8.40. The number of likely N-dealkylation sites (N-methyl/N-ethyl adjacent to an activating group) is 1. The highest BCUT2D eigenvalue weighted by molar-refractivity contribution is 5.84. The van der Waals surface area contributed by atoms with E-state index in [2.05, 4.69) is 11.1 Å². The molecule has 5 saturated carbocycles. The summed E-state index contributed by atoms with van der Waals surface area (Å²) in [5, 5.41) is 9.62. The highest BCUT2D eigenvalue weighted by atomic mass is 16.6. The average Bonchev–Trinajstić information content (AvgIpc) is 3.45. The Morgan fingerprint density at radius 2 is 1.86 bits per heavy atom. The molecule has 9 atom stereocenters. The second-order valence-corrected chi connectivity index (χ2v) is 12.5. The van der Waals surface area contributed by atoms with E-state index in [4.69, 9.17) is 21.9 Å². The first-order valence-electron chi connectivity index (χ1n) is 13.5. The molecule has 6 fully saturated rings. The zero-order valence-corrected chi connectivity index (χ0v) is 21.6. The van der Waals surface area contributed by atoms with E-state index in [-0.39, 0.29) is 41.4 Å². The number of nitrogens with two attached hydrogens (primary N) is 3. The van der Waals surface area contributed by atoms with E-state index in [1.165, 1.54) is 0 Å². The maximum atomic E-state index is 13.7. The van der Waals surface area contributed by atoms with Crippen molar-refractivity contribution in [2.75, 3.05) is 20.6 Å². The summed E-state index contributed by atoms with van der Waals surface area (Å²) in [7, 11) is 3.77. The van der Waals surface area contributed by atoms with Crippen molar-refractivity contribution < 1.29 is 14.3 Å². The van der Waals surface area contributed by atoms with E-state index < -0.39 is 11.6 Å². The molecule has 6 unspecified atom stereocenters. The van der Waals surface area contributed by atoms with Crippen molar-refractivity contribution in [3.05, 3.63) is 0 Å². The van der Waals surface area contributed by atoms with Gasteiger partial charge in [-0.1, -0.05) is 0 Å². The lowest BCUT2D eigenvalue weighted by Crippen LogP contribution is -2.66. The van der Waals surface area contributed by atoms with Gasteiger partial charge in [0, 0.05) is 12.6 Å². The normalized spacial score (nSPS) is 39.3. The summed E-state index contributed by atoms with van der Waals surface area (Å²) >= 11 is 0. The summed E-state index contributed by atoms with van der Waals surface area (Å²) in [6, 6.07) is 1.12. The van der Waals surface area contributed by atoms with E-state index in [9.17, 15) is 14.9 Å². The molecule has 6 aliphatic rings. The van der Waals surface area contributed by atoms with Crippen LogP contribution in [0.15, 0.2) is 4.99 Å². The number of aliphatic imine (C=N–C) groups is 1. The van der Waals surface area contributed by atoms with Gasteiger partial charge < -0.3 is 26.8 Å². The molecule has 6 rings (SSSR count). The molecule has 5 aliphatic carbocycles. The summed E-state index contributed by atoms with van der Waals surface area (Å²) in [4.78, 5) is 34.9. The molecule has 10 heteroatoms. The van der Waals surface area contributed by atoms with Gasteiger partial charge in [0.05, 0.1) is 12.1 Å². The van der Waals surface area contributed by atoms with Crippen molar-refractivity contribution in [3.63, 3.8) is 0 Å². The quantitative estimate of drug-likeness (QED) is 0.180. The first-order chi connectivity index (χ1) is 17.1. The van der Waals surface area contributed by atoms with Crippen LogP contribution in [0.1, 0.15) is 64.2 Å². The summed E-state index contributed by atoms with van der Waals surface area (Å²) in [6.45, 7) is 0.470. The van der Waals surface area contributed by atoms with Crippen LogP contribution in [0.25, 0.3) is 0 Å². The number of nitrogens with zero attached hydrogens (tertiary/aromatic N) is 4. The number of piperidine rings is 1. The molecule has 0 aromatic carbocycles. The van der Waals surface area contributed by atoms with Crippen LogP contribution in [0.3, 0.4) is 0 Å². The van der Waals surface area contributed by atoms with Crippen molar-refractivity contribution in [3.8, 4) is 6.07 Å². The number of carbonyl (C=O) groups is 2. The van der Waals surface area contributed by atoms with Crippen LogP contribution < -0.4 is 17.2 Å². The SMILES string of the molecule is CN(C)C(CCCN=C(N)N)C(=O)OC12CC3C[C@H](C1)CC([C@H](N)C(=O)N1C4CC4C[C@H]1C#N)(C3)C2. The Labute approximate surface area is 213 Å². The molecule has 4 bridgehead atoms. The molecular weight excluding hydrogens is 458 g/mol. The fraction of sp³-hybridized carbons (Fsp3) is 0.846. The number of hydrogen-bond donors (Lipinski definition) is 3. The number of likely N-dealkylation sites (tertiary alicyclic amines) is 1. The average molecular weight is 500 g/mol. The molecule has 1 aliphatic heterocycles. The lowest BCUT2D eigenvalue weighted by atomic mass is 9.46. The third-order valence-corrected chi connectivity index (χ3v) is 9.63. The van der Waals surface area contributed by atoms with E-state index in [0.29, 0.717) is 43.6 Å². The molecule has 36 heavy (non-hydrogen) atoms. The molecule has 0 spiro atoms. The topological polar surface area (TPSA) is 164 Å². The zero-order valence-electron chi connectivity index (χ0n) is 21.6. The number of rotatable bonds is 9. The third kappa shape index (κ3) is 4.45. The molecule has 1 heterocycles. The van der Waals surface area contributed by atoms with Crippen LogP contribution in [0.2, 0.25) is 0 Å². The van der Waals surface area contributed by atoms with Gasteiger partial charge in [0.2, 0.25) is 5.91 Å². The Kier molecular flexibility index (Phi) is 6.44. The molecule has 1 saturated heterocycles. The number of nitriles is 1. The van der Waals surface area contributed by atoms with Crippen molar-refractivity contribution in [1.29, 1.82) is 5.26 Å². The second-order valence-electron chi connectivity index (χ2n) is 12.5. The minimum atomic E-state index is -0.652. The van der Waals surface area contributed by atoms with Crippen LogP contribution in [-0.4, -0.2) is 78.0 Å². The Morgan fingerprint density at radius 1 is 1.17 bits per heavy atom. The number of carbonyl (C=O) groups excluding carboxylic acids is 2. The van der Waals surface area contributed by atoms with Gasteiger partial charge in [0.15, 0.2) is 5.96 Å². The van der Waals surface area contributed by atoms with Gasteiger partial charge in [0.25, 0.3) is 0 Å². The lowest BCUT2D eigenvalue weighted by molar-refractivity contribution is -0.209. The largest absolute Gasteiger partial charge is 0.458 e. The fourth-order valence-electron chi connectivity index (χ4n) is 8.40. The number of ether oxygens (including phenoxy) is 1. The highest BCUT2D eigenvalue weighted by Gasteiger charge is 2.64. The summed E-state index contributed by atoms with van der Waals surface area (Å²) in [5.41, 5.74) is 16.7. The van der Waals surface area contributed by atoms with Crippen molar-refractivity contribution in [1.82, 2.24) is 9.80 Å².